The third-order valence-corrected chi connectivity index (χ3v) is 4.85. The number of carbonyl (C=O) groups excluding carboxylic acids is 2. The molecule has 4 nitrogen and oxygen atoms in total. The molecule has 0 radical (unpaired) electrons. The number of hydrogen-bond acceptors (Lipinski definition) is 4. The minimum atomic E-state index is -1.70. The minimum absolute atomic E-state index is 0.258. The maximum atomic E-state index is 11.6. The van der Waals surface area contributed by atoms with Crippen molar-refractivity contribution in [3.05, 3.63) is 23.3 Å². The second kappa shape index (κ2) is 4.24. The highest BCUT2D eigenvalue weighted by atomic mass is 28.3. The van der Waals surface area contributed by atoms with Gasteiger partial charge in [0.1, 0.15) is 12.4 Å². The van der Waals surface area contributed by atoms with Crippen LogP contribution in [0.5, 0.6) is 5.75 Å². The van der Waals surface area contributed by atoms with Crippen molar-refractivity contribution in [1.82, 2.24) is 0 Å². The van der Waals surface area contributed by atoms with Crippen LogP contribution in [0.25, 0.3) is 0 Å². The lowest BCUT2D eigenvalue weighted by Crippen LogP contribution is -2.39. The van der Waals surface area contributed by atoms with Gasteiger partial charge in [-0.25, -0.2) is 4.79 Å². The zero-order valence-electron chi connectivity index (χ0n) is 11.0. The van der Waals surface area contributed by atoms with E-state index in [-0.39, 0.29) is 18.5 Å². The van der Waals surface area contributed by atoms with Crippen LogP contribution in [0.2, 0.25) is 19.6 Å². The predicted molar refractivity (Wildman–Crippen MR) is 69.9 cm³/mol. The van der Waals surface area contributed by atoms with Gasteiger partial charge in [0.15, 0.2) is 0 Å². The van der Waals surface area contributed by atoms with Crippen LogP contribution in [0.4, 0.5) is 0 Å². The van der Waals surface area contributed by atoms with Crippen LogP contribution in [0.3, 0.4) is 0 Å². The Morgan fingerprint density at radius 2 is 2.00 bits per heavy atom. The molecule has 0 bridgehead atoms. The van der Waals surface area contributed by atoms with Crippen LogP contribution in [0.15, 0.2) is 12.1 Å². The fraction of sp³-hybridized carbons (Fsp3) is 0.385. The van der Waals surface area contributed by atoms with Gasteiger partial charge < -0.3 is 9.47 Å². The van der Waals surface area contributed by atoms with Gasteiger partial charge in [-0.2, -0.15) is 0 Å². The molecule has 0 unspecified atom stereocenters. The van der Waals surface area contributed by atoms with Crippen molar-refractivity contribution in [1.29, 1.82) is 0 Å². The second-order valence-electron chi connectivity index (χ2n) is 5.43. The van der Waals surface area contributed by atoms with E-state index in [9.17, 15) is 9.59 Å². The Morgan fingerprint density at radius 3 is 2.56 bits per heavy atom. The monoisotopic (exact) mass is 264 g/mol. The Labute approximate surface area is 107 Å². The zero-order valence-corrected chi connectivity index (χ0v) is 12.0. The molecule has 0 spiro atoms. The van der Waals surface area contributed by atoms with E-state index < -0.39 is 8.07 Å². The van der Waals surface area contributed by atoms with Crippen molar-refractivity contribution in [3.63, 3.8) is 0 Å². The summed E-state index contributed by atoms with van der Waals surface area (Å²) in [5.41, 5.74) is 1.39. The highest BCUT2D eigenvalue weighted by molar-refractivity contribution is 6.89. The summed E-state index contributed by atoms with van der Waals surface area (Å²) in [5, 5.41) is 0.968. The van der Waals surface area contributed by atoms with Crippen molar-refractivity contribution in [2.75, 3.05) is 0 Å². The van der Waals surface area contributed by atoms with E-state index >= 15 is 0 Å². The lowest BCUT2D eigenvalue weighted by atomic mass is 10.1. The maximum Gasteiger partial charge on any atom is 0.338 e. The number of hydrogen-bond donors (Lipinski definition) is 0. The first-order valence-corrected chi connectivity index (χ1v) is 9.32. The molecule has 5 heteroatoms. The number of cyclic esters (lactones) is 1. The number of carbonyl (C=O) groups is 2. The Morgan fingerprint density at radius 1 is 1.33 bits per heavy atom. The van der Waals surface area contributed by atoms with Gasteiger partial charge >= 0.3 is 11.9 Å². The van der Waals surface area contributed by atoms with Crippen molar-refractivity contribution in [2.45, 2.75) is 33.2 Å². The van der Waals surface area contributed by atoms with Gasteiger partial charge in [-0.15, -0.1) is 0 Å². The van der Waals surface area contributed by atoms with Crippen molar-refractivity contribution in [3.8, 4) is 5.75 Å². The van der Waals surface area contributed by atoms with Gasteiger partial charge in [0.25, 0.3) is 0 Å². The molecule has 18 heavy (non-hydrogen) atoms. The molecule has 0 amide bonds. The van der Waals surface area contributed by atoms with Crippen LogP contribution < -0.4 is 9.92 Å². The molecule has 0 saturated heterocycles. The quantitative estimate of drug-likeness (QED) is 0.464. The molecule has 0 fully saturated rings. The molecule has 1 aliphatic rings. The molecule has 0 saturated carbocycles. The van der Waals surface area contributed by atoms with E-state index in [0.717, 1.165) is 10.8 Å². The summed E-state index contributed by atoms with van der Waals surface area (Å²) in [6.07, 6.45) is 0. The van der Waals surface area contributed by atoms with Gasteiger partial charge in [0.2, 0.25) is 0 Å². The number of benzene rings is 1. The zero-order chi connectivity index (χ0) is 13.5. The standard InChI is InChI=1S/C13H16O4Si/c1-8(14)17-11-5-9-7-16-13(15)10(9)6-12(11)18(2,3)4/h5-6H,7H2,1-4H3. The fourth-order valence-electron chi connectivity index (χ4n) is 1.98. The van der Waals surface area contributed by atoms with Crippen LogP contribution in [-0.2, 0) is 16.1 Å². The van der Waals surface area contributed by atoms with Crippen LogP contribution in [0.1, 0.15) is 22.8 Å². The summed E-state index contributed by atoms with van der Waals surface area (Å²) in [7, 11) is -1.70. The molecule has 1 aromatic rings. The van der Waals surface area contributed by atoms with E-state index in [1.165, 1.54) is 6.92 Å². The highest BCUT2D eigenvalue weighted by Crippen LogP contribution is 2.25. The molecule has 1 heterocycles. The molecule has 0 N–H and O–H groups in total. The smallest absolute Gasteiger partial charge is 0.338 e. The topological polar surface area (TPSA) is 52.6 Å². The molecule has 2 rings (SSSR count). The molecule has 1 aliphatic heterocycles. The number of rotatable bonds is 2. The number of fused-ring (bicyclic) bond motifs is 1. The third kappa shape index (κ3) is 2.31. The Hall–Kier alpha value is -1.62. The van der Waals surface area contributed by atoms with Gasteiger partial charge in [-0.3, -0.25) is 4.79 Å². The molecule has 1 aromatic carbocycles. The van der Waals surface area contributed by atoms with Gasteiger partial charge in [-0.1, -0.05) is 19.6 Å². The van der Waals surface area contributed by atoms with Gasteiger partial charge in [0.05, 0.1) is 13.6 Å². The van der Waals surface area contributed by atoms with E-state index in [2.05, 4.69) is 19.6 Å². The number of ether oxygens (including phenoxy) is 2. The summed E-state index contributed by atoms with van der Waals surface area (Å²) in [6.45, 7) is 8.06. The minimum Gasteiger partial charge on any atom is -0.457 e. The molecule has 96 valence electrons. The Bertz CT molecular complexity index is 529. The normalized spacial score (nSPS) is 14.1. The summed E-state index contributed by atoms with van der Waals surface area (Å²) in [4.78, 5) is 22.7. The number of esters is 2. The summed E-state index contributed by atoms with van der Waals surface area (Å²) < 4.78 is 10.2. The predicted octanol–water partition coefficient (Wildman–Crippen LogP) is 1.83. The van der Waals surface area contributed by atoms with Crippen molar-refractivity contribution >= 4 is 25.2 Å². The first-order chi connectivity index (χ1) is 8.29. The van der Waals surface area contributed by atoms with E-state index in [4.69, 9.17) is 9.47 Å². The lowest BCUT2D eigenvalue weighted by molar-refractivity contribution is -0.131. The fourth-order valence-corrected chi connectivity index (χ4v) is 3.42. The maximum absolute atomic E-state index is 11.6. The summed E-state index contributed by atoms with van der Waals surface area (Å²) in [6, 6.07) is 3.59. The average molecular weight is 264 g/mol. The van der Waals surface area contributed by atoms with E-state index in [1.807, 2.05) is 6.07 Å². The molecule has 0 aliphatic carbocycles. The lowest BCUT2D eigenvalue weighted by Gasteiger charge is -2.20. The van der Waals surface area contributed by atoms with Gasteiger partial charge in [0, 0.05) is 12.5 Å². The molecule has 0 aromatic heterocycles. The molecule has 0 atom stereocenters. The average Bonchev–Trinajstić information content (AvgIpc) is 2.56. The first kappa shape index (κ1) is 12.8. The highest BCUT2D eigenvalue weighted by Gasteiger charge is 2.29. The Kier molecular flexibility index (Phi) is 3.02. The van der Waals surface area contributed by atoms with Crippen LogP contribution >= 0.6 is 0 Å². The van der Waals surface area contributed by atoms with Crippen LogP contribution in [0, 0.1) is 0 Å². The second-order valence-corrected chi connectivity index (χ2v) is 10.5. The van der Waals surface area contributed by atoms with Crippen molar-refractivity contribution in [2.24, 2.45) is 0 Å². The molecular weight excluding hydrogens is 248 g/mol. The first-order valence-electron chi connectivity index (χ1n) is 5.82. The Balaban J connectivity index is 2.58. The van der Waals surface area contributed by atoms with E-state index in [1.54, 1.807) is 6.07 Å². The van der Waals surface area contributed by atoms with Crippen molar-refractivity contribution < 1.29 is 19.1 Å². The van der Waals surface area contributed by atoms with E-state index in [0.29, 0.717) is 11.3 Å². The third-order valence-electron chi connectivity index (χ3n) is 2.85. The summed E-state index contributed by atoms with van der Waals surface area (Å²) >= 11 is 0. The van der Waals surface area contributed by atoms with Gasteiger partial charge in [-0.05, 0) is 17.3 Å². The SMILES string of the molecule is CC(=O)Oc1cc2c(cc1[Si](C)(C)C)C(=O)OC2. The summed E-state index contributed by atoms with van der Waals surface area (Å²) in [5.74, 6) is -0.0720. The largest absolute Gasteiger partial charge is 0.457 e. The molecular formula is C13H16O4Si. The van der Waals surface area contributed by atoms with Crippen LogP contribution in [-0.4, -0.2) is 20.0 Å².